The summed E-state index contributed by atoms with van der Waals surface area (Å²) in [7, 11) is 1.75. The molecule has 2 aromatic rings. The van der Waals surface area contributed by atoms with E-state index in [1.54, 1.807) is 19.5 Å². The van der Waals surface area contributed by atoms with Crippen LogP contribution in [0.1, 0.15) is 38.3 Å². The lowest BCUT2D eigenvalue weighted by Crippen LogP contribution is -2.28. The van der Waals surface area contributed by atoms with Gasteiger partial charge in [-0.05, 0) is 36.9 Å². The van der Waals surface area contributed by atoms with E-state index in [1.165, 1.54) is 5.56 Å². The summed E-state index contributed by atoms with van der Waals surface area (Å²) in [5, 5.41) is 3.66. The van der Waals surface area contributed by atoms with Crippen LogP contribution in [-0.4, -0.2) is 30.2 Å². The van der Waals surface area contributed by atoms with Crippen LogP contribution in [0.5, 0.6) is 0 Å². The SMILES string of the molecule is CCCNC(c1cccc2nccnc12)C(C)CCOC. The third-order valence-corrected chi connectivity index (χ3v) is 3.83. The second-order valence-corrected chi connectivity index (χ2v) is 5.46. The van der Waals surface area contributed by atoms with Crippen LogP contribution < -0.4 is 5.32 Å². The van der Waals surface area contributed by atoms with Gasteiger partial charge in [-0.25, -0.2) is 0 Å². The van der Waals surface area contributed by atoms with Gasteiger partial charge in [0, 0.05) is 32.2 Å². The van der Waals surface area contributed by atoms with E-state index < -0.39 is 0 Å². The summed E-state index contributed by atoms with van der Waals surface area (Å²) in [6.07, 6.45) is 5.65. The molecule has 2 unspecified atom stereocenters. The number of nitrogens with one attached hydrogen (secondary N) is 1. The first-order valence-electron chi connectivity index (χ1n) is 7.69. The Morgan fingerprint density at radius 3 is 2.81 bits per heavy atom. The molecule has 0 radical (unpaired) electrons. The van der Waals surface area contributed by atoms with Crippen molar-refractivity contribution in [2.75, 3.05) is 20.3 Å². The molecule has 0 saturated heterocycles. The quantitative estimate of drug-likeness (QED) is 0.809. The Morgan fingerprint density at radius 1 is 1.24 bits per heavy atom. The Hall–Kier alpha value is -1.52. The predicted octanol–water partition coefficient (Wildman–Crippen LogP) is 3.34. The van der Waals surface area contributed by atoms with Crippen molar-refractivity contribution < 1.29 is 4.74 Å². The van der Waals surface area contributed by atoms with E-state index in [0.717, 1.165) is 37.0 Å². The van der Waals surface area contributed by atoms with E-state index >= 15 is 0 Å². The molecule has 114 valence electrons. The van der Waals surface area contributed by atoms with Crippen LogP contribution in [-0.2, 0) is 4.74 Å². The molecule has 0 bridgehead atoms. The van der Waals surface area contributed by atoms with Gasteiger partial charge in [0.15, 0.2) is 0 Å². The molecule has 4 nitrogen and oxygen atoms in total. The second-order valence-electron chi connectivity index (χ2n) is 5.46. The number of para-hydroxylation sites is 1. The van der Waals surface area contributed by atoms with Crippen molar-refractivity contribution >= 4 is 11.0 Å². The molecule has 0 spiro atoms. The molecule has 1 N–H and O–H groups in total. The summed E-state index contributed by atoms with van der Waals surface area (Å²) >= 11 is 0. The number of aromatic nitrogens is 2. The minimum absolute atomic E-state index is 0.278. The van der Waals surface area contributed by atoms with Crippen LogP contribution in [0.15, 0.2) is 30.6 Å². The maximum Gasteiger partial charge on any atom is 0.0934 e. The first kappa shape index (κ1) is 15.9. The van der Waals surface area contributed by atoms with Gasteiger partial charge in [0.05, 0.1) is 11.0 Å². The van der Waals surface area contributed by atoms with E-state index in [1.807, 2.05) is 6.07 Å². The van der Waals surface area contributed by atoms with Crippen LogP contribution in [0.3, 0.4) is 0 Å². The molecule has 0 saturated carbocycles. The second kappa shape index (κ2) is 8.05. The van der Waals surface area contributed by atoms with Crippen molar-refractivity contribution in [3.8, 4) is 0 Å². The van der Waals surface area contributed by atoms with E-state index in [4.69, 9.17) is 4.74 Å². The Labute approximate surface area is 127 Å². The van der Waals surface area contributed by atoms with Gasteiger partial charge in [0.1, 0.15) is 0 Å². The van der Waals surface area contributed by atoms with Gasteiger partial charge in [-0.3, -0.25) is 9.97 Å². The number of nitrogens with zero attached hydrogens (tertiary/aromatic N) is 2. The zero-order valence-corrected chi connectivity index (χ0v) is 13.2. The van der Waals surface area contributed by atoms with Crippen LogP contribution in [0.25, 0.3) is 11.0 Å². The molecule has 1 aromatic heterocycles. The van der Waals surface area contributed by atoms with Crippen molar-refractivity contribution in [2.45, 2.75) is 32.7 Å². The molecule has 0 amide bonds. The maximum absolute atomic E-state index is 5.23. The fourth-order valence-corrected chi connectivity index (χ4v) is 2.65. The lowest BCUT2D eigenvalue weighted by atomic mass is 9.91. The number of fused-ring (bicyclic) bond motifs is 1. The summed E-state index contributed by atoms with van der Waals surface area (Å²) in [5.74, 6) is 0.476. The maximum atomic E-state index is 5.23. The molecule has 2 rings (SSSR count). The van der Waals surface area contributed by atoms with Crippen molar-refractivity contribution in [3.05, 3.63) is 36.2 Å². The molecule has 4 heteroatoms. The minimum Gasteiger partial charge on any atom is -0.385 e. The molecule has 0 aliphatic heterocycles. The summed E-state index contributed by atoms with van der Waals surface area (Å²) < 4.78 is 5.23. The van der Waals surface area contributed by atoms with Crippen molar-refractivity contribution in [1.29, 1.82) is 0 Å². The van der Waals surface area contributed by atoms with Crippen molar-refractivity contribution in [2.24, 2.45) is 5.92 Å². The summed E-state index contributed by atoms with van der Waals surface area (Å²) in [6.45, 7) is 6.23. The van der Waals surface area contributed by atoms with Crippen LogP contribution in [0.2, 0.25) is 0 Å². The average molecular weight is 287 g/mol. The van der Waals surface area contributed by atoms with Crippen molar-refractivity contribution in [1.82, 2.24) is 15.3 Å². The lowest BCUT2D eigenvalue weighted by Gasteiger charge is -2.26. The largest absolute Gasteiger partial charge is 0.385 e. The molecule has 1 heterocycles. The predicted molar refractivity (Wildman–Crippen MR) is 86.2 cm³/mol. The Kier molecular flexibility index (Phi) is 6.08. The highest BCUT2D eigenvalue weighted by Gasteiger charge is 2.21. The van der Waals surface area contributed by atoms with E-state index in [2.05, 4.69) is 41.3 Å². The first-order valence-corrected chi connectivity index (χ1v) is 7.69. The van der Waals surface area contributed by atoms with E-state index in [9.17, 15) is 0 Å². The molecule has 0 fully saturated rings. The van der Waals surface area contributed by atoms with Crippen LogP contribution >= 0.6 is 0 Å². The molecule has 0 aliphatic rings. The monoisotopic (exact) mass is 287 g/mol. The van der Waals surface area contributed by atoms with E-state index in [0.29, 0.717) is 5.92 Å². The lowest BCUT2D eigenvalue weighted by molar-refractivity contribution is 0.170. The third-order valence-electron chi connectivity index (χ3n) is 3.83. The highest BCUT2D eigenvalue weighted by Crippen LogP contribution is 2.28. The molecular weight excluding hydrogens is 262 g/mol. The Balaban J connectivity index is 2.33. The Morgan fingerprint density at radius 2 is 2.05 bits per heavy atom. The summed E-state index contributed by atoms with van der Waals surface area (Å²) in [6, 6.07) is 6.52. The van der Waals surface area contributed by atoms with Gasteiger partial charge in [-0.1, -0.05) is 26.0 Å². The summed E-state index contributed by atoms with van der Waals surface area (Å²) in [5.41, 5.74) is 3.19. The molecular formula is C17H25N3O. The van der Waals surface area contributed by atoms with Gasteiger partial charge in [-0.2, -0.15) is 0 Å². The number of hydrogen-bond acceptors (Lipinski definition) is 4. The zero-order chi connectivity index (χ0) is 15.1. The normalized spacial score (nSPS) is 14.2. The number of rotatable bonds is 8. The van der Waals surface area contributed by atoms with Gasteiger partial charge >= 0.3 is 0 Å². The molecule has 2 atom stereocenters. The zero-order valence-electron chi connectivity index (χ0n) is 13.2. The number of ether oxygens (including phenoxy) is 1. The molecule has 21 heavy (non-hydrogen) atoms. The van der Waals surface area contributed by atoms with Gasteiger partial charge < -0.3 is 10.1 Å². The standard InChI is InChI=1S/C17H25N3O/c1-4-9-19-16(13(2)8-12-21-3)14-6-5-7-15-17(14)20-11-10-18-15/h5-7,10-11,13,16,19H,4,8-9,12H2,1-3H3. The number of hydrogen-bond donors (Lipinski definition) is 1. The fraction of sp³-hybridized carbons (Fsp3) is 0.529. The third kappa shape index (κ3) is 3.99. The first-order chi connectivity index (χ1) is 10.3. The van der Waals surface area contributed by atoms with Gasteiger partial charge in [0.25, 0.3) is 0 Å². The average Bonchev–Trinajstić information content (AvgIpc) is 2.53. The molecule has 0 aliphatic carbocycles. The van der Waals surface area contributed by atoms with Gasteiger partial charge in [-0.15, -0.1) is 0 Å². The number of benzene rings is 1. The van der Waals surface area contributed by atoms with Crippen molar-refractivity contribution in [3.63, 3.8) is 0 Å². The number of methoxy groups -OCH3 is 1. The smallest absolute Gasteiger partial charge is 0.0934 e. The van der Waals surface area contributed by atoms with Crippen LogP contribution in [0, 0.1) is 5.92 Å². The highest BCUT2D eigenvalue weighted by atomic mass is 16.5. The van der Waals surface area contributed by atoms with Crippen LogP contribution in [0.4, 0.5) is 0 Å². The molecule has 1 aromatic carbocycles. The summed E-state index contributed by atoms with van der Waals surface area (Å²) in [4.78, 5) is 8.95. The highest BCUT2D eigenvalue weighted by molar-refractivity contribution is 5.78. The minimum atomic E-state index is 0.278. The van der Waals surface area contributed by atoms with E-state index in [-0.39, 0.29) is 6.04 Å². The fourth-order valence-electron chi connectivity index (χ4n) is 2.65. The Bertz CT molecular complexity index is 553. The van der Waals surface area contributed by atoms with Gasteiger partial charge in [0.2, 0.25) is 0 Å². The topological polar surface area (TPSA) is 47.0 Å².